The zero-order valence-electron chi connectivity index (χ0n) is 5.83. The lowest BCUT2D eigenvalue weighted by Gasteiger charge is -2.06. The van der Waals surface area contributed by atoms with Gasteiger partial charge in [-0.3, -0.25) is 0 Å². The summed E-state index contributed by atoms with van der Waals surface area (Å²) < 4.78 is 13.1. The zero-order chi connectivity index (χ0) is 8.27. The Bertz CT molecular complexity index is 180. The first kappa shape index (κ1) is 7.64. The number of carbonyl (C=O) groups excluding carboxylic acids is 2. The van der Waals surface area contributed by atoms with E-state index in [9.17, 15) is 9.59 Å². The third-order valence-electron chi connectivity index (χ3n) is 1.05. The molecule has 0 unspecified atom stereocenters. The molecular weight excluding hydrogens is 154 g/mol. The van der Waals surface area contributed by atoms with Gasteiger partial charge in [0.05, 0.1) is 13.7 Å². The second-order valence-electron chi connectivity index (χ2n) is 1.79. The quantitative estimate of drug-likeness (QED) is 0.540. The molecule has 1 aliphatic heterocycles. The number of cyclic esters (lactones) is 1. The maximum absolute atomic E-state index is 10.4. The van der Waals surface area contributed by atoms with Crippen LogP contribution in [0.3, 0.4) is 0 Å². The van der Waals surface area contributed by atoms with Crippen molar-refractivity contribution in [3.63, 3.8) is 0 Å². The summed E-state index contributed by atoms with van der Waals surface area (Å²) in [6, 6.07) is 0. The molecule has 1 rings (SSSR count). The van der Waals surface area contributed by atoms with Crippen LogP contribution in [0.15, 0.2) is 0 Å². The molecule has 1 aliphatic rings. The summed E-state index contributed by atoms with van der Waals surface area (Å²) in [7, 11) is 1.17. The van der Waals surface area contributed by atoms with Crippen LogP contribution in [0.25, 0.3) is 0 Å². The van der Waals surface area contributed by atoms with Crippen molar-refractivity contribution in [3.05, 3.63) is 0 Å². The van der Waals surface area contributed by atoms with Gasteiger partial charge in [-0.15, -0.1) is 0 Å². The largest absolute Gasteiger partial charge is 0.511 e. The minimum absolute atomic E-state index is 0.161. The third-order valence-corrected chi connectivity index (χ3v) is 1.05. The number of carbonyl (C=O) groups is 2. The highest BCUT2D eigenvalue weighted by molar-refractivity contribution is 5.69. The van der Waals surface area contributed by atoms with Crippen LogP contribution in [0.1, 0.15) is 0 Å². The van der Waals surface area contributed by atoms with Crippen LogP contribution >= 0.6 is 0 Å². The van der Waals surface area contributed by atoms with E-state index < -0.39 is 18.5 Å². The van der Waals surface area contributed by atoms with E-state index in [0.29, 0.717) is 0 Å². The van der Waals surface area contributed by atoms with Gasteiger partial charge in [-0.2, -0.15) is 0 Å². The summed E-state index contributed by atoms with van der Waals surface area (Å²) in [5.41, 5.74) is 0. The lowest BCUT2D eigenvalue weighted by atomic mass is 10.6. The molecule has 1 fully saturated rings. The van der Waals surface area contributed by atoms with Crippen molar-refractivity contribution >= 4 is 12.2 Å². The number of alkyl carbamates (subject to hydrolysis) is 1. The molecule has 6 heteroatoms. The van der Waals surface area contributed by atoms with E-state index >= 15 is 0 Å². The molecule has 0 aromatic heterocycles. The molecule has 1 atom stereocenters. The minimum atomic E-state index is -0.869. The number of nitrogens with one attached hydrogen (secondary N) is 1. The highest BCUT2D eigenvalue weighted by atomic mass is 16.8. The van der Waals surface area contributed by atoms with Gasteiger partial charge in [0.2, 0.25) is 0 Å². The Balaban J connectivity index is 2.28. The lowest BCUT2D eigenvalue weighted by Crippen LogP contribution is -2.21. The van der Waals surface area contributed by atoms with Crippen molar-refractivity contribution in [2.24, 2.45) is 0 Å². The van der Waals surface area contributed by atoms with Crippen molar-refractivity contribution < 1.29 is 23.8 Å². The smallest absolute Gasteiger partial charge is 0.438 e. The number of ether oxygens (including phenoxy) is 3. The van der Waals surface area contributed by atoms with Gasteiger partial charge in [-0.25, -0.2) is 9.59 Å². The predicted molar refractivity (Wildman–Crippen MR) is 31.8 cm³/mol. The summed E-state index contributed by atoms with van der Waals surface area (Å²) in [5, 5.41) is 2.31. The summed E-state index contributed by atoms with van der Waals surface area (Å²) in [5.74, 6) is 0. The summed E-state index contributed by atoms with van der Waals surface area (Å²) in [4.78, 5) is 20.8. The second-order valence-corrected chi connectivity index (χ2v) is 1.79. The molecule has 1 heterocycles. The van der Waals surface area contributed by atoms with Crippen molar-refractivity contribution in [2.45, 2.75) is 6.29 Å². The van der Waals surface area contributed by atoms with Gasteiger partial charge in [0.15, 0.2) is 0 Å². The maximum atomic E-state index is 10.4. The van der Waals surface area contributed by atoms with Gasteiger partial charge in [-0.1, -0.05) is 0 Å². The van der Waals surface area contributed by atoms with Gasteiger partial charge < -0.3 is 19.5 Å². The molecule has 0 bridgehead atoms. The van der Waals surface area contributed by atoms with Crippen molar-refractivity contribution in [1.29, 1.82) is 0 Å². The lowest BCUT2D eigenvalue weighted by molar-refractivity contribution is -0.0551. The van der Waals surface area contributed by atoms with Gasteiger partial charge in [0.1, 0.15) is 0 Å². The number of hydrogen-bond acceptors (Lipinski definition) is 5. The third kappa shape index (κ3) is 1.99. The Morgan fingerprint density at radius 3 is 3.00 bits per heavy atom. The zero-order valence-corrected chi connectivity index (χ0v) is 5.83. The van der Waals surface area contributed by atoms with Crippen LogP contribution in [0, 0.1) is 0 Å². The Morgan fingerprint density at radius 1 is 1.82 bits per heavy atom. The molecule has 1 N–H and O–H groups in total. The van der Waals surface area contributed by atoms with Gasteiger partial charge in [-0.05, 0) is 0 Å². The molecule has 0 spiro atoms. The second kappa shape index (κ2) is 3.09. The van der Waals surface area contributed by atoms with Crippen LogP contribution in [-0.4, -0.2) is 32.2 Å². The predicted octanol–water partition coefficient (Wildman–Crippen LogP) is -0.165. The molecule has 6 nitrogen and oxygen atoms in total. The van der Waals surface area contributed by atoms with Crippen LogP contribution in [0.2, 0.25) is 0 Å². The van der Waals surface area contributed by atoms with Crippen LogP contribution in [-0.2, 0) is 14.2 Å². The Morgan fingerprint density at radius 2 is 2.55 bits per heavy atom. The topological polar surface area (TPSA) is 73.9 Å². The molecular formula is C5H7NO5. The van der Waals surface area contributed by atoms with E-state index in [4.69, 9.17) is 0 Å². The average Bonchev–Trinajstić information content (AvgIpc) is 2.35. The minimum Gasteiger partial charge on any atom is -0.438 e. The van der Waals surface area contributed by atoms with E-state index in [0.717, 1.165) is 0 Å². The highest BCUT2D eigenvalue weighted by Crippen LogP contribution is 2.02. The number of rotatable bonds is 1. The SMILES string of the molecule is COC(=O)O[C@@H]1CNC(=O)O1. The standard InChI is InChI=1S/C5H7NO5/c1-9-5(8)11-3-2-6-4(7)10-3/h3H,2H2,1H3,(H,6,7)/t3-/m1/s1. The molecule has 1 amide bonds. The molecule has 11 heavy (non-hydrogen) atoms. The highest BCUT2D eigenvalue weighted by Gasteiger charge is 2.25. The first-order chi connectivity index (χ1) is 5.22. The van der Waals surface area contributed by atoms with E-state index in [2.05, 4.69) is 19.5 Å². The average molecular weight is 161 g/mol. The van der Waals surface area contributed by atoms with Crippen molar-refractivity contribution in [1.82, 2.24) is 5.32 Å². The fourth-order valence-electron chi connectivity index (χ4n) is 0.591. The molecule has 1 saturated heterocycles. The fraction of sp³-hybridized carbons (Fsp3) is 0.600. The van der Waals surface area contributed by atoms with E-state index in [-0.39, 0.29) is 6.54 Å². The van der Waals surface area contributed by atoms with E-state index in [1.54, 1.807) is 0 Å². The van der Waals surface area contributed by atoms with E-state index in [1.165, 1.54) is 7.11 Å². The summed E-state index contributed by atoms with van der Waals surface area (Å²) in [6.45, 7) is 0.161. The van der Waals surface area contributed by atoms with Crippen LogP contribution in [0.4, 0.5) is 9.59 Å². The van der Waals surface area contributed by atoms with Gasteiger partial charge in [0.25, 0.3) is 6.29 Å². The normalized spacial score (nSPS) is 21.9. The van der Waals surface area contributed by atoms with E-state index in [1.807, 2.05) is 0 Å². The first-order valence-electron chi connectivity index (χ1n) is 2.91. The molecule has 62 valence electrons. The maximum Gasteiger partial charge on any atom is 0.511 e. The number of amides is 1. The van der Waals surface area contributed by atoms with Crippen LogP contribution < -0.4 is 5.32 Å². The van der Waals surface area contributed by atoms with Crippen molar-refractivity contribution in [3.8, 4) is 0 Å². The van der Waals surface area contributed by atoms with Gasteiger partial charge >= 0.3 is 12.2 Å². The molecule has 0 aromatic rings. The van der Waals surface area contributed by atoms with Crippen LogP contribution in [0.5, 0.6) is 0 Å². The summed E-state index contributed by atoms with van der Waals surface area (Å²) >= 11 is 0. The summed E-state index contributed by atoms with van der Waals surface area (Å²) in [6.07, 6.45) is -2.33. The number of hydrogen-bond donors (Lipinski definition) is 1. The Kier molecular flexibility index (Phi) is 2.15. The molecule has 0 radical (unpaired) electrons. The Labute approximate surface area is 62.4 Å². The monoisotopic (exact) mass is 161 g/mol. The first-order valence-corrected chi connectivity index (χ1v) is 2.91. The number of methoxy groups -OCH3 is 1. The molecule has 0 saturated carbocycles. The molecule has 0 aromatic carbocycles. The fourth-order valence-corrected chi connectivity index (χ4v) is 0.591. The van der Waals surface area contributed by atoms with Gasteiger partial charge in [0, 0.05) is 0 Å². The molecule has 0 aliphatic carbocycles. The Hall–Kier alpha value is -1.46. The van der Waals surface area contributed by atoms with Crippen molar-refractivity contribution in [2.75, 3.05) is 13.7 Å².